The lowest BCUT2D eigenvalue weighted by Crippen LogP contribution is -2.37. The Labute approximate surface area is 221 Å². The summed E-state index contributed by atoms with van der Waals surface area (Å²) < 4.78 is 0. The van der Waals surface area contributed by atoms with E-state index in [0.717, 1.165) is 47.6 Å². The molecule has 6 nitrogen and oxygen atoms in total. The van der Waals surface area contributed by atoms with Crippen molar-refractivity contribution in [2.24, 2.45) is 10.9 Å². The highest BCUT2D eigenvalue weighted by atomic mass is 15.1. The molecule has 4 rings (SSSR count). The third kappa shape index (κ3) is 8.44. The smallest absolute Gasteiger partial charge is 0.223 e. The van der Waals surface area contributed by atoms with Gasteiger partial charge in [-0.15, -0.1) is 0 Å². The highest BCUT2D eigenvalue weighted by Crippen LogP contribution is 2.27. The molecule has 36 heavy (non-hydrogen) atoms. The van der Waals surface area contributed by atoms with Gasteiger partial charge in [-0.2, -0.15) is 0 Å². The van der Waals surface area contributed by atoms with Gasteiger partial charge < -0.3 is 16.4 Å². The number of aliphatic imine (C=N–C) groups is 1. The Morgan fingerprint density at radius 3 is 2.47 bits per heavy atom. The SMILES string of the molecule is CCC.CN=C(c1cc(-c2ccnc(NC3CCC(NCCCC4=C[CH]4)CC3)n2)ccc1N)C(C)C.[HH].[HH]. The molecule has 1 aromatic heterocycles. The number of rotatable bonds is 10. The van der Waals surface area contributed by atoms with Crippen LogP contribution in [0.25, 0.3) is 11.3 Å². The van der Waals surface area contributed by atoms with Crippen LogP contribution in [-0.4, -0.2) is 41.4 Å². The van der Waals surface area contributed by atoms with Crippen LogP contribution >= 0.6 is 0 Å². The number of nitrogens with two attached hydrogens (primary N) is 1. The summed E-state index contributed by atoms with van der Waals surface area (Å²) in [5, 5.41) is 7.30. The second-order valence-electron chi connectivity index (χ2n) is 10.2. The topological polar surface area (TPSA) is 88.2 Å². The van der Waals surface area contributed by atoms with E-state index in [4.69, 9.17) is 10.7 Å². The average molecular weight is 494 g/mol. The van der Waals surface area contributed by atoms with Crippen molar-refractivity contribution in [2.75, 3.05) is 24.6 Å². The molecular formula is C30H49N6. The van der Waals surface area contributed by atoms with Crippen molar-refractivity contribution >= 4 is 17.3 Å². The summed E-state index contributed by atoms with van der Waals surface area (Å²) in [7, 11) is 1.82. The predicted molar refractivity (Wildman–Crippen MR) is 159 cm³/mol. The molecule has 1 aromatic carbocycles. The van der Waals surface area contributed by atoms with Gasteiger partial charge in [-0.3, -0.25) is 4.99 Å². The van der Waals surface area contributed by atoms with Gasteiger partial charge in [-0.05, 0) is 69.2 Å². The monoisotopic (exact) mass is 493 g/mol. The molecule has 2 aliphatic carbocycles. The van der Waals surface area contributed by atoms with E-state index < -0.39 is 0 Å². The fourth-order valence-corrected chi connectivity index (χ4v) is 4.66. The van der Waals surface area contributed by atoms with Gasteiger partial charge in [0.15, 0.2) is 0 Å². The van der Waals surface area contributed by atoms with Crippen molar-refractivity contribution in [3.63, 3.8) is 0 Å². The van der Waals surface area contributed by atoms with E-state index >= 15 is 0 Å². The maximum atomic E-state index is 6.27. The van der Waals surface area contributed by atoms with Gasteiger partial charge >= 0.3 is 0 Å². The van der Waals surface area contributed by atoms with E-state index in [2.05, 4.69) is 66.9 Å². The molecule has 1 saturated carbocycles. The van der Waals surface area contributed by atoms with Crippen LogP contribution in [-0.2, 0) is 0 Å². The third-order valence-electron chi connectivity index (χ3n) is 6.61. The fraction of sp³-hybridized carbons (Fsp3) is 0.533. The zero-order chi connectivity index (χ0) is 25.9. The zero-order valence-corrected chi connectivity index (χ0v) is 22.8. The van der Waals surface area contributed by atoms with Crippen LogP contribution in [0.2, 0.25) is 0 Å². The van der Waals surface area contributed by atoms with Gasteiger partial charge in [0, 0.05) is 57.1 Å². The van der Waals surface area contributed by atoms with E-state index in [1.165, 1.54) is 37.7 Å². The first-order valence-electron chi connectivity index (χ1n) is 13.7. The van der Waals surface area contributed by atoms with Crippen molar-refractivity contribution in [1.82, 2.24) is 15.3 Å². The number of anilines is 2. The molecule has 0 amide bonds. The van der Waals surface area contributed by atoms with Gasteiger partial charge in [0.25, 0.3) is 0 Å². The Balaban J connectivity index is 0.00000138. The first kappa shape index (κ1) is 27.9. The summed E-state index contributed by atoms with van der Waals surface area (Å²) in [6.07, 6.45) is 14.6. The molecule has 0 unspecified atom stereocenters. The van der Waals surface area contributed by atoms with E-state index in [0.29, 0.717) is 23.9 Å². The number of hydrogen-bond acceptors (Lipinski definition) is 6. The molecule has 2 aromatic rings. The molecule has 0 bridgehead atoms. The first-order valence-corrected chi connectivity index (χ1v) is 13.7. The number of hydrogen-bond donors (Lipinski definition) is 3. The molecule has 1 radical (unpaired) electrons. The summed E-state index contributed by atoms with van der Waals surface area (Å²) in [5.41, 5.74) is 12.4. The number of nitrogen functional groups attached to an aromatic ring is 1. The van der Waals surface area contributed by atoms with E-state index in [1.54, 1.807) is 0 Å². The molecule has 6 heteroatoms. The summed E-state index contributed by atoms with van der Waals surface area (Å²) >= 11 is 0. The van der Waals surface area contributed by atoms with E-state index in [9.17, 15) is 0 Å². The normalized spacial score (nSPS) is 19.4. The summed E-state index contributed by atoms with van der Waals surface area (Å²) in [6.45, 7) is 9.64. The lowest BCUT2D eigenvalue weighted by atomic mass is 9.91. The van der Waals surface area contributed by atoms with Crippen molar-refractivity contribution in [3.8, 4) is 11.3 Å². The summed E-state index contributed by atoms with van der Waals surface area (Å²) in [6, 6.07) is 9.07. The Bertz CT molecular complexity index is 1030. The number of benzene rings is 1. The maximum absolute atomic E-state index is 6.27. The van der Waals surface area contributed by atoms with Gasteiger partial charge in [-0.25, -0.2) is 9.97 Å². The molecule has 1 fully saturated rings. The molecule has 0 aliphatic heterocycles. The number of nitrogens with zero attached hydrogens (tertiary/aromatic N) is 3. The molecule has 0 saturated heterocycles. The second kappa shape index (κ2) is 14.1. The first-order chi connectivity index (χ1) is 17.4. The molecule has 2 aliphatic rings. The number of nitrogens with one attached hydrogen (secondary N) is 2. The molecular weight excluding hydrogens is 444 g/mol. The molecule has 199 valence electrons. The Morgan fingerprint density at radius 1 is 1.14 bits per heavy atom. The third-order valence-corrected chi connectivity index (χ3v) is 6.61. The maximum Gasteiger partial charge on any atom is 0.223 e. The summed E-state index contributed by atoms with van der Waals surface area (Å²) in [5.74, 6) is 0.998. The van der Waals surface area contributed by atoms with Gasteiger partial charge in [-0.1, -0.05) is 51.8 Å². The minimum Gasteiger partial charge on any atom is -0.398 e. The van der Waals surface area contributed by atoms with Crippen LogP contribution in [0.15, 0.2) is 47.1 Å². The fourth-order valence-electron chi connectivity index (χ4n) is 4.66. The number of allylic oxidation sites excluding steroid dienone is 2. The minimum absolute atomic E-state index is 0. The van der Waals surface area contributed by atoms with Crippen LogP contribution in [0.3, 0.4) is 0 Å². The Hall–Kier alpha value is -2.73. The zero-order valence-electron chi connectivity index (χ0n) is 22.8. The van der Waals surface area contributed by atoms with Crippen molar-refractivity contribution in [2.45, 2.75) is 84.7 Å². The highest BCUT2D eigenvalue weighted by molar-refractivity contribution is 6.06. The van der Waals surface area contributed by atoms with E-state index in [1.807, 2.05) is 31.4 Å². The largest absolute Gasteiger partial charge is 0.398 e. The lowest BCUT2D eigenvalue weighted by molar-refractivity contribution is 0.352. The molecule has 0 spiro atoms. The van der Waals surface area contributed by atoms with Gasteiger partial charge in [0.1, 0.15) is 0 Å². The standard InChI is InChI=1S/C27H37N6.C3H8.2H2/c1-18(2)26(29-3)23-17-20(8-13-24(23)28)25-14-16-31-27(33-25)32-22-11-9-21(10-12-22)30-15-4-5-19-6-7-19;1-3-2;;/h6-8,13-14,16-18,21-22,30H,4-5,9-12,15,28H2,1-3H3,(H,31,32,33);3H2,1-2H3;2*1H. The quantitative estimate of drug-likeness (QED) is 0.189. The van der Waals surface area contributed by atoms with Gasteiger partial charge in [0.05, 0.1) is 5.69 Å². The van der Waals surface area contributed by atoms with Crippen LogP contribution in [0.5, 0.6) is 0 Å². The van der Waals surface area contributed by atoms with Gasteiger partial charge in [0.2, 0.25) is 5.95 Å². The van der Waals surface area contributed by atoms with Crippen LogP contribution < -0.4 is 16.4 Å². The second-order valence-corrected chi connectivity index (χ2v) is 10.2. The van der Waals surface area contributed by atoms with Crippen LogP contribution in [0, 0.1) is 12.3 Å². The predicted octanol–water partition coefficient (Wildman–Crippen LogP) is 6.95. The van der Waals surface area contributed by atoms with Crippen LogP contribution in [0.1, 0.15) is 81.1 Å². The minimum atomic E-state index is 0. The van der Waals surface area contributed by atoms with E-state index in [-0.39, 0.29) is 2.85 Å². The van der Waals surface area contributed by atoms with Crippen molar-refractivity contribution in [1.29, 1.82) is 0 Å². The average Bonchev–Trinajstić information content (AvgIpc) is 3.69. The Kier molecular flexibility index (Phi) is 10.9. The number of aromatic nitrogens is 2. The lowest BCUT2D eigenvalue weighted by Gasteiger charge is -2.29. The van der Waals surface area contributed by atoms with Crippen LogP contribution in [0.4, 0.5) is 11.6 Å². The Morgan fingerprint density at radius 2 is 1.83 bits per heavy atom. The summed E-state index contributed by atoms with van der Waals surface area (Å²) in [4.78, 5) is 13.8. The molecule has 1 heterocycles. The molecule has 0 atom stereocenters. The highest BCUT2D eigenvalue weighted by Gasteiger charge is 2.21. The van der Waals surface area contributed by atoms with Crippen molar-refractivity contribution < 1.29 is 2.85 Å². The van der Waals surface area contributed by atoms with Crippen molar-refractivity contribution in [3.05, 3.63) is 54.1 Å². The molecule has 4 N–H and O–H groups in total.